The van der Waals surface area contributed by atoms with Gasteiger partial charge in [0.25, 0.3) is 0 Å². The first-order chi connectivity index (χ1) is 8.70. The number of nitrogens with two attached hydrogens (primary N) is 1. The summed E-state index contributed by atoms with van der Waals surface area (Å²) >= 11 is 0. The highest BCUT2D eigenvalue weighted by atomic mass is 16.2. The minimum Gasteiger partial charge on any atom is -0.303 e. The average Bonchev–Trinajstić information content (AvgIpc) is 2.41. The molecular weight excluding hydrogens is 228 g/mol. The zero-order chi connectivity index (χ0) is 13.0. The molecular formula is C13H20N4O. The lowest BCUT2D eigenvalue weighted by atomic mass is 10.0. The van der Waals surface area contributed by atoms with Crippen molar-refractivity contribution in [3.63, 3.8) is 0 Å². The number of hydrogen-bond donors (Lipinski definition) is 2. The number of piperazine rings is 1. The Morgan fingerprint density at radius 1 is 1.39 bits per heavy atom. The van der Waals surface area contributed by atoms with Gasteiger partial charge in [0, 0.05) is 25.7 Å². The van der Waals surface area contributed by atoms with Gasteiger partial charge in [-0.2, -0.15) is 0 Å². The Morgan fingerprint density at radius 2 is 2.11 bits per heavy atom. The second-order valence-electron chi connectivity index (χ2n) is 4.73. The predicted molar refractivity (Wildman–Crippen MR) is 70.6 cm³/mol. The Balaban J connectivity index is 2.13. The Labute approximate surface area is 108 Å². The summed E-state index contributed by atoms with van der Waals surface area (Å²) in [7, 11) is 2.11. The fourth-order valence-corrected chi connectivity index (χ4v) is 2.37. The SMILES string of the molecule is CN1CCN(CC(=O)NN)C(c2ccccc2)C1. The van der Waals surface area contributed by atoms with Crippen LogP contribution in [0.4, 0.5) is 0 Å². The summed E-state index contributed by atoms with van der Waals surface area (Å²) in [5.74, 6) is 5.03. The molecule has 2 rings (SSSR count). The lowest BCUT2D eigenvalue weighted by Gasteiger charge is -2.39. The van der Waals surface area contributed by atoms with Gasteiger partial charge in [-0.25, -0.2) is 5.84 Å². The lowest BCUT2D eigenvalue weighted by molar-refractivity contribution is -0.123. The van der Waals surface area contributed by atoms with E-state index in [0.717, 1.165) is 19.6 Å². The van der Waals surface area contributed by atoms with Crippen LogP contribution in [-0.4, -0.2) is 48.9 Å². The predicted octanol–water partition coefficient (Wildman–Crippen LogP) is -0.0350. The van der Waals surface area contributed by atoms with Crippen LogP contribution in [0.25, 0.3) is 0 Å². The van der Waals surface area contributed by atoms with Crippen molar-refractivity contribution in [2.24, 2.45) is 5.84 Å². The molecule has 1 amide bonds. The molecule has 1 aliphatic heterocycles. The first-order valence-corrected chi connectivity index (χ1v) is 6.17. The molecule has 0 radical (unpaired) electrons. The first-order valence-electron chi connectivity index (χ1n) is 6.17. The number of benzene rings is 1. The third-order valence-electron chi connectivity index (χ3n) is 3.39. The molecule has 1 unspecified atom stereocenters. The number of nitrogens with one attached hydrogen (secondary N) is 1. The quantitative estimate of drug-likeness (QED) is 0.448. The summed E-state index contributed by atoms with van der Waals surface area (Å²) < 4.78 is 0. The summed E-state index contributed by atoms with van der Waals surface area (Å²) in [6.45, 7) is 3.14. The van der Waals surface area contributed by atoms with Crippen molar-refractivity contribution in [2.75, 3.05) is 33.2 Å². The number of hydrazine groups is 1. The molecule has 18 heavy (non-hydrogen) atoms. The van der Waals surface area contributed by atoms with E-state index in [0.29, 0.717) is 6.54 Å². The van der Waals surface area contributed by atoms with E-state index in [9.17, 15) is 4.79 Å². The monoisotopic (exact) mass is 248 g/mol. The number of amides is 1. The maximum absolute atomic E-state index is 11.4. The minimum absolute atomic E-state index is 0.138. The van der Waals surface area contributed by atoms with E-state index in [1.165, 1.54) is 5.56 Å². The van der Waals surface area contributed by atoms with Gasteiger partial charge in [0.15, 0.2) is 0 Å². The van der Waals surface area contributed by atoms with E-state index in [2.05, 4.69) is 34.4 Å². The number of nitrogens with zero attached hydrogens (tertiary/aromatic N) is 2. The van der Waals surface area contributed by atoms with Gasteiger partial charge in [-0.3, -0.25) is 15.1 Å². The highest BCUT2D eigenvalue weighted by molar-refractivity contribution is 5.77. The zero-order valence-electron chi connectivity index (χ0n) is 10.7. The average molecular weight is 248 g/mol. The van der Waals surface area contributed by atoms with Crippen LogP contribution >= 0.6 is 0 Å². The molecule has 1 aliphatic rings. The topological polar surface area (TPSA) is 61.6 Å². The van der Waals surface area contributed by atoms with E-state index in [1.807, 2.05) is 18.2 Å². The van der Waals surface area contributed by atoms with Gasteiger partial charge in [0.1, 0.15) is 0 Å². The second-order valence-corrected chi connectivity index (χ2v) is 4.73. The molecule has 1 saturated heterocycles. The van der Waals surface area contributed by atoms with Crippen molar-refractivity contribution in [3.05, 3.63) is 35.9 Å². The molecule has 1 heterocycles. The van der Waals surface area contributed by atoms with Gasteiger partial charge in [0.05, 0.1) is 6.54 Å². The van der Waals surface area contributed by atoms with Crippen molar-refractivity contribution in [2.45, 2.75) is 6.04 Å². The summed E-state index contributed by atoms with van der Waals surface area (Å²) in [4.78, 5) is 15.9. The fourth-order valence-electron chi connectivity index (χ4n) is 2.37. The molecule has 1 aromatic carbocycles. The molecule has 0 bridgehead atoms. The smallest absolute Gasteiger partial charge is 0.248 e. The summed E-state index contributed by atoms with van der Waals surface area (Å²) in [6, 6.07) is 10.5. The van der Waals surface area contributed by atoms with Gasteiger partial charge < -0.3 is 4.90 Å². The van der Waals surface area contributed by atoms with Crippen LogP contribution in [0.2, 0.25) is 0 Å². The molecule has 5 nitrogen and oxygen atoms in total. The minimum atomic E-state index is -0.138. The molecule has 0 aromatic heterocycles. The second kappa shape index (κ2) is 5.95. The highest BCUT2D eigenvalue weighted by Gasteiger charge is 2.27. The molecule has 5 heteroatoms. The molecule has 1 atom stereocenters. The van der Waals surface area contributed by atoms with E-state index < -0.39 is 0 Å². The summed E-state index contributed by atoms with van der Waals surface area (Å²) in [5.41, 5.74) is 3.45. The lowest BCUT2D eigenvalue weighted by Crippen LogP contribution is -2.50. The van der Waals surface area contributed by atoms with Crippen LogP contribution < -0.4 is 11.3 Å². The van der Waals surface area contributed by atoms with Crippen molar-refractivity contribution < 1.29 is 4.79 Å². The molecule has 0 spiro atoms. The van der Waals surface area contributed by atoms with Gasteiger partial charge in [-0.15, -0.1) is 0 Å². The van der Waals surface area contributed by atoms with E-state index in [1.54, 1.807) is 0 Å². The van der Waals surface area contributed by atoms with E-state index >= 15 is 0 Å². The van der Waals surface area contributed by atoms with Gasteiger partial charge >= 0.3 is 0 Å². The van der Waals surface area contributed by atoms with Crippen molar-refractivity contribution >= 4 is 5.91 Å². The van der Waals surface area contributed by atoms with Crippen LogP contribution in [0.3, 0.4) is 0 Å². The van der Waals surface area contributed by atoms with Gasteiger partial charge in [0.2, 0.25) is 5.91 Å². The number of likely N-dealkylation sites (N-methyl/N-ethyl adjacent to an activating group) is 1. The Bertz CT molecular complexity index is 395. The fraction of sp³-hybridized carbons (Fsp3) is 0.462. The summed E-state index contributed by atoms with van der Waals surface area (Å²) in [6.07, 6.45) is 0. The Morgan fingerprint density at radius 3 is 2.78 bits per heavy atom. The number of carbonyl (C=O) groups excluding carboxylic acids is 1. The number of carbonyl (C=O) groups is 1. The standard InChI is InChI=1S/C13H20N4O/c1-16-7-8-17(10-13(18)15-14)12(9-16)11-5-3-2-4-6-11/h2-6,12H,7-10,14H2,1H3,(H,15,18). The van der Waals surface area contributed by atoms with Crippen molar-refractivity contribution in [1.29, 1.82) is 0 Å². The first kappa shape index (κ1) is 13.0. The Hall–Kier alpha value is -1.43. The normalized spacial score (nSPS) is 21.8. The summed E-state index contributed by atoms with van der Waals surface area (Å²) in [5, 5.41) is 0. The Kier molecular flexibility index (Phi) is 4.30. The zero-order valence-corrected chi connectivity index (χ0v) is 10.7. The third-order valence-corrected chi connectivity index (χ3v) is 3.39. The largest absolute Gasteiger partial charge is 0.303 e. The van der Waals surface area contributed by atoms with E-state index in [4.69, 9.17) is 5.84 Å². The number of hydrogen-bond acceptors (Lipinski definition) is 4. The van der Waals surface area contributed by atoms with E-state index in [-0.39, 0.29) is 11.9 Å². The number of rotatable bonds is 3. The van der Waals surface area contributed by atoms with Crippen LogP contribution in [0.1, 0.15) is 11.6 Å². The molecule has 0 saturated carbocycles. The molecule has 0 aliphatic carbocycles. The van der Waals surface area contributed by atoms with Crippen LogP contribution in [0.15, 0.2) is 30.3 Å². The molecule has 98 valence electrons. The highest BCUT2D eigenvalue weighted by Crippen LogP contribution is 2.24. The maximum atomic E-state index is 11.4. The van der Waals surface area contributed by atoms with Crippen LogP contribution in [0, 0.1) is 0 Å². The maximum Gasteiger partial charge on any atom is 0.248 e. The van der Waals surface area contributed by atoms with Crippen LogP contribution in [0.5, 0.6) is 0 Å². The van der Waals surface area contributed by atoms with Gasteiger partial charge in [-0.05, 0) is 12.6 Å². The third kappa shape index (κ3) is 3.07. The molecule has 1 fully saturated rings. The molecule has 3 N–H and O–H groups in total. The van der Waals surface area contributed by atoms with Crippen LogP contribution in [-0.2, 0) is 4.79 Å². The van der Waals surface area contributed by atoms with Crippen molar-refractivity contribution in [3.8, 4) is 0 Å². The van der Waals surface area contributed by atoms with Gasteiger partial charge in [-0.1, -0.05) is 30.3 Å². The molecule has 1 aromatic rings. The van der Waals surface area contributed by atoms with Crippen molar-refractivity contribution in [1.82, 2.24) is 15.2 Å².